The minimum absolute atomic E-state index is 0.246. The lowest BCUT2D eigenvalue weighted by Crippen LogP contribution is -2.44. The van der Waals surface area contributed by atoms with Crippen molar-refractivity contribution in [3.05, 3.63) is 0 Å². The fourth-order valence-electron chi connectivity index (χ4n) is 0.879. The smallest absolute Gasteiger partial charge is 0.335 e. The Morgan fingerprint density at radius 2 is 1.93 bits per heavy atom. The highest BCUT2D eigenvalue weighted by molar-refractivity contribution is 5.98. The van der Waals surface area contributed by atoms with Gasteiger partial charge in [-0.05, 0) is 27.4 Å². The number of carbonyl (C=O) groups excluding carboxylic acids is 1. The Bertz CT molecular complexity index is 215. The van der Waals surface area contributed by atoms with Gasteiger partial charge in [-0.15, -0.1) is 0 Å². The minimum atomic E-state index is -1.22. The van der Waals surface area contributed by atoms with Crippen molar-refractivity contribution in [2.24, 2.45) is 0 Å². The normalized spacial score (nSPS) is 14.9. The number of esters is 1. The van der Waals surface area contributed by atoms with E-state index < -0.39 is 18.0 Å². The van der Waals surface area contributed by atoms with Crippen molar-refractivity contribution >= 4 is 11.9 Å². The molecule has 0 saturated carbocycles. The standard InChI is InChI=1S/C9H17NO4/c1-5-6(2)14-9(13)7(8(11)12)10(3)4/h6-7H,5H2,1-4H3,(H,11,12). The summed E-state index contributed by atoms with van der Waals surface area (Å²) < 4.78 is 4.92. The van der Waals surface area contributed by atoms with Crippen LogP contribution < -0.4 is 0 Å². The van der Waals surface area contributed by atoms with Gasteiger partial charge in [-0.1, -0.05) is 6.92 Å². The lowest BCUT2D eigenvalue weighted by atomic mass is 10.2. The van der Waals surface area contributed by atoms with Crippen LogP contribution in [0.25, 0.3) is 0 Å². The second-order valence-corrected chi connectivity index (χ2v) is 3.36. The van der Waals surface area contributed by atoms with Gasteiger partial charge in [-0.25, -0.2) is 9.59 Å². The predicted octanol–water partition coefficient (Wildman–Crippen LogP) is 0.343. The summed E-state index contributed by atoms with van der Waals surface area (Å²) in [5.41, 5.74) is 0. The maximum Gasteiger partial charge on any atom is 0.335 e. The molecule has 0 spiro atoms. The molecule has 0 aromatic rings. The van der Waals surface area contributed by atoms with E-state index in [9.17, 15) is 9.59 Å². The van der Waals surface area contributed by atoms with Gasteiger partial charge in [0.1, 0.15) is 0 Å². The first-order valence-corrected chi connectivity index (χ1v) is 4.49. The van der Waals surface area contributed by atoms with E-state index in [-0.39, 0.29) is 6.10 Å². The van der Waals surface area contributed by atoms with Gasteiger partial charge in [0.25, 0.3) is 0 Å². The Balaban J connectivity index is 4.38. The summed E-state index contributed by atoms with van der Waals surface area (Å²) in [5.74, 6) is -1.90. The van der Waals surface area contributed by atoms with Crippen molar-refractivity contribution in [2.45, 2.75) is 32.4 Å². The number of hydrogen-bond acceptors (Lipinski definition) is 4. The molecule has 0 rings (SSSR count). The van der Waals surface area contributed by atoms with Crippen LogP contribution in [0.5, 0.6) is 0 Å². The molecule has 5 heteroatoms. The molecule has 0 aromatic heterocycles. The van der Waals surface area contributed by atoms with Gasteiger partial charge in [-0.2, -0.15) is 0 Å². The van der Waals surface area contributed by atoms with E-state index in [2.05, 4.69) is 0 Å². The van der Waals surface area contributed by atoms with Gasteiger partial charge in [0.15, 0.2) is 0 Å². The molecule has 82 valence electrons. The fraction of sp³-hybridized carbons (Fsp3) is 0.778. The highest BCUT2D eigenvalue weighted by atomic mass is 16.5. The Morgan fingerprint density at radius 1 is 1.43 bits per heavy atom. The topological polar surface area (TPSA) is 66.8 Å². The first kappa shape index (κ1) is 12.9. The number of ether oxygens (including phenoxy) is 1. The molecule has 0 saturated heterocycles. The zero-order valence-corrected chi connectivity index (χ0v) is 8.98. The van der Waals surface area contributed by atoms with Crippen LogP contribution in [0.3, 0.4) is 0 Å². The van der Waals surface area contributed by atoms with Crippen LogP contribution in [0.15, 0.2) is 0 Å². The number of carbonyl (C=O) groups is 2. The van der Waals surface area contributed by atoms with Gasteiger partial charge in [-0.3, -0.25) is 4.90 Å². The molecule has 0 radical (unpaired) electrons. The van der Waals surface area contributed by atoms with E-state index in [1.165, 1.54) is 19.0 Å². The van der Waals surface area contributed by atoms with Gasteiger partial charge >= 0.3 is 11.9 Å². The van der Waals surface area contributed by atoms with Crippen LogP contribution >= 0.6 is 0 Å². The Morgan fingerprint density at radius 3 is 2.21 bits per heavy atom. The summed E-state index contributed by atoms with van der Waals surface area (Å²) in [7, 11) is 3.05. The van der Waals surface area contributed by atoms with Gasteiger partial charge in [0, 0.05) is 0 Å². The molecule has 5 nitrogen and oxygen atoms in total. The van der Waals surface area contributed by atoms with Crippen LogP contribution in [0.4, 0.5) is 0 Å². The van der Waals surface area contributed by atoms with E-state index in [1.807, 2.05) is 6.92 Å². The zero-order valence-electron chi connectivity index (χ0n) is 8.98. The van der Waals surface area contributed by atoms with Crippen LogP contribution in [0.2, 0.25) is 0 Å². The molecule has 0 bridgehead atoms. The molecule has 0 aliphatic rings. The van der Waals surface area contributed by atoms with Crippen molar-refractivity contribution in [3.8, 4) is 0 Å². The predicted molar refractivity (Wildman–Crippen MR) is 51.0 cm³/mol. The first-order valence-electron chi connectivity index (χ1n) is 4.49. The van der Waals surface area contributed by atoms with E-state index >= 15 is 0 Å². The summed E-state index contributed by atoms with van der Waals surface area (Å²) in [6.07, 6.45) is 0.426. The summed E-state index contributed by atoms with van der Waals surface area (Å²) in [6, 6.07) is -1.22. The van der Waals surface area contributed by atoms with Crippen LogP contribution in [0.1, 0.15) is 20.3 Å². The van der Waals surface area contributed by atoms with Crippen molar-refractivity contribution in [1.29, 1.82) is 0 Å². The molecule has 14 heavy (non-hydrogen) atoms. The Labute approximate surface area is 83.6 Å². The van der Waals surface area contributed by atoms with Crippen LogP contribution in [-0.4, -0.2) is 48.2 Å². The molecule has 2 atom stereocenters. The maximum atomic E-state index is 11.4. The van der Waals surface area contributed by atoms with Gasteiger partial charge in [0.2, 0.25) is 6.04 Å². The molecule has 0 aliphatic carbocycles. The van der Waals surface area contributed by atoms with E-state index in [1.54, 1.807) is 6.92 Å². The Kier molecular flexibility index (Phi) is 5.15. The fourth-order valence-corrected chi connectivity index (χ4v) is 0.879. The van der Waals surface area contributed by atoms with Crippen molar-refractivity contribution in [2.75, 3.05) is 14.1 Å². The van der Waals surface area contributed by atoms with E-state index in [4.69, 9.17) is 9.84 Å². The molecule has 0 fully saturated rings. The van der Waals surface area contributed by atoms with Crippen molar-refractivity contribution < 1.29 is 19.4 Å². The third-order valence-electron chi connectivity index (χ3n) is 1.87. The van der Waals surface area contributed by atoms with E-state index in [0.29, 0.717) is 6.42 Å². The van der Waals surface area contributed by atoms with Gasteiger partial charge in [0.05, 0.1) is 6.10 Å². The molecule has 0 heterocycles. The number of rotatable bonds is 5. The van der Waals surface area contributed by atoms with Crippen LogP contribution in [-0.2, 0) is 14.3 Å². The first-order chi connectivity index (χ1) is 6.40. The average Bonchev–Trinajstić information content (AvgIpc) is 2.02. The highest BCUT2D eigenvalue weighted by Gasteiger charge is 2.30. The van der Waals surface area contributed by atoms with Crippen LogP contribution in [0, 0.1) is 0 Å². The Hall–Kier alpha value is -1.10. The molecule has 0 aromatic carbocycles. The molecular formula is C9H17NO4. The quantitative estimate of drug-likeness (QED) is 0.515. The number of likely N-dealkylation sites (N-methyl/N-ethyl adjacent to an activating group) is 1. The summed E-state index contributed by atoms with van der Waals surface area (Å²) >= 11 is 0. The summed E-state index contributed by atoms with van der Waals surface area (Å²) in [6.45, 7) is 3.59. The second-order valence-electron chi connectivity index (χ2n) is 3.36. The molecule has 0 aliphatic heterocycles. The number of aliphatic carboxylic acids is 1. The lowest BCUT2D eigenvalue weighted by molar-refractivity contribution is -0.162. The molecule has 1 N–H and O–H groups in total. The molecule has 0 amide bonds. The number of nitrogens with zero attached hydrogens (tertiary/aromatic N) is 1. The number of carboxylic acids is 1. The van der Waals surface area contributed by atoms with Gasteiger partial charge < -0.3 is 9.84 Å². The summed E-state index contributed by atoms with van der Waals surface area (Å²) in [5, 5.41) is 8.76. The number of carboxylic acid groups (broad SMARTS) is 1. The zero-order chi connectivity index (χ0) is 11.3. The minimum Gasteiger partial charge on any atom is -0.480 e. The highest BCUT2D eigenvalue weighted by Crippen LogP contribution is 2.03. The largest absolute Gasteiger partial charge is 0.480 e. The third-order valence-corrected chi connectivity index (χ3v) is 1.87. The SMILES string of the molecule is CCC(C)OC(=O)C(C(=O)O)N(C)C. The number of hydrogen-bond donors (Lipinski definition) is 1. The molecule has 2 unspecified atom stereocenters. The summed E-state index contributed by atoms with van der Waals surface area (Å²) in [4.78, 5) is 23.4. The van der Waals surface area contributed by atoms with Crippen molar-refractivity contribution in [3.63, 3.8) is 0 Å². The molecular weight excluding hydrogens is 186 g/mol. The maximum absolute atomic E-state index is 11.4. The third kappa shape index (κ3) is 3.74. The average molecular weight is 203 g/mol. The monoisotopic (exact) mass is 203 g/mol. The van der Waals surface area contributed by atoms with E-state index in [0.717, 1.165) is 0 Å². The van der Waals surface area contributed by atoms with Crippen molar-refractivity contribution in [1.82, 2.24) is 4.90 Å². The lowest BCUT2D eigenvalue weighted by Gasteiger charge is -2.20. The second kappa shape index (κ2) is 5.59.